The van der Waals surface area contributed by atoms with Gasteiger partial charge in [-0.15, -0.1) is 0 Å². The maximum atomic E-state index is 6.01. The van der Waals surface area contributed by atoms with Gasteiger partial charge in [0.1, 0.15) is 6.10 Å². The van der Waals surface area contributed by atoms with Gasteiger partial charge in [0.25, 0.3) is 0 Å². The minimum absolute atomic E-state index is 0.0664. The number of anilines is 1. The molecule has 0 bridgehead atoms. The number of hydrogen-bond donors (Lipinski definition) is 2. The van der Waals surface area contributed by atoms with Crippen LogP contribution in [0.5, 0.6) is 5.88 Å². The fraction of sp³-hybridized carbons (Fsp3) is 0.240. The summed E-state index contributed by atoms with van der Waals surface area (Å²) < 4.78 is 7.80. The zero-order valence-corrected chi connectivity index (χ0v) is 18.2. The lowest BCUT2D eigenvalue weighted by molar-refractivity contribution is 0.194. The van der Waals surface area contributed by atoms with Crippen LogP contribution in [-0.4, -0.2) is 45.5 Å². The number of pyridine rings is 2. The van der Waals surface area contributed by atoms with E-state index in [1.54, 1.807) is 4.68 Å². The lowest BCUT2D eigenvalue weighted by Gasteiger charge is -2.27. The second kappa shape index (κ2) is 11.1. The number of hydrogen-bond acceptors (Lipinski definition) is 6. The smallest absolute Gasteiger partial charge is 0.237 e. The quantitative estimate of drug-likeness (QED) is 0.457. The summed E-state index contributed by atoms with van der Waals surface area (Å²) in [6, 6.07) is 18.1. The Morgan fingerprint density at radius 1 is 1.06 bits per heavy atom. The second-order valence-corrected chi connectivity index (χ2v) is 7.56. The van der Waals surface area contributed by atoms with Crippen LogP contribution in [-0.2, 0) is 13.5 Å². The number of rotatable bonds is 6. The molecule has 4 heterocycles. The van der Waals surface area contributed by atoms with Gasteiger partial charge in [-0.1, -0.05) is 36.4 Å². The highest BCUT2D eigenvalue weighted by Crippen LogP contribution is 2.30. The molecule has 7 nitrogen and oxygen atoms in total. The summed E-state index contributed by atoms with van der Waals surface area (Å²) in [5, 5.41) is 11.1. The summed E-state index contributed by atoms with van der Waals surface area (Å²) in [6.07, 6.45) is 10.3. The molecule has 0 saturated heterocycles. The minimum atomic E-state index is 0.0664. The Morgan fingerprint density at radius 3 is 2.50 bits per heavy atom. The Balaban J connectivity index is 0.000000354. The van der Waals surface area contributed by atoms with E-state index < -0.39 is 0 Å². The first-order valence-electron chi connectivity index (χ1n) is 10.8. The molecule has 164 valence electrons. The van der Waals surface area contributed by atoms with Gasteiger partial charge >= 0.3 is 0 Å². The molecule has 1 atom stereocenters. The highest BCUT2D eigenvalue weighted by atomic mass is 16.5. The van der Waals surface area contributed by atoms with E-state index in [0.717, 1.165) is 42.9 Å². The normalized spacial score (nSPS) is 14.3. The van der Waals surface area contributed by atoms with Crippen molar-refractivity contribution in [2.24, 2.45) is 7.05 Å². The average Bonchev–Trinajstić information content (AvgIpc) is 3.30. The number of benzene rings is 1. The predicted octanol–water partition coefficient (Wildman–Crippen LogP) is 3.57. The predicted molar refractivity (Wildman–Crippen MR) is 127 cm³/mol. The number of aryl methyl sites for hydroxylation is 1. The summed E-state index contributed by atoms with van der Waals surface area (Å²) in [7, 11) is 1.91. The van der Waals surface area contributed by atoms with Crippen LogP contribution in [0.25, 0.3) is 11.1 Å². The number of fused-ring (bicyclic) bond motifs is 1. The number of ether oxygens (including phenoxy) is 1. The lowest BCUT2D eigenvalue weighted by Crippen LogP contribution is -2.40. The molecule has 4 aromatic rings. The molecule has 1 aromatic carbocycles. The molecule has 7 heteroatoms. The summed E-state index contributed by atoms with van der Waals surface area (Å²) in [5.41, 5.74) is 4.29. The Hall–Kier alpha value is -3.71. The number of nitrogens with one attached hydrogen (secondary N) is 2. The first-order valence-corrected chi connectivity index (χ1v) is 10.8. The molecule has 1 aliphatic heterocycles. The molecule has 32 heavy (non-hydrogen) atoms. The number of aromatic nitrogens is 4. The highest BCUT2D eigenvalue weighted by molar-refractivity contribution is 5.69. The van der Waals surface area contributed by atoms with E-state index in [2.05, 4.69) is 31.8 Å². The van der Waals surface area contributed by atoms with Crippen LogP contribution >= 0.6 is 0 Å². The SMILES string of the molecule is Cn1cc(-c2cnc3c(c2)NCC(CNCCc2ccncc2)O3)cn1.c1ccccc1. The minimum Gasteiger partial charge on any atom is -0.470 e. The molecule has 3 aromatic heterocycles. The summed E-state index contributed by atoms with van der Waals surface area (Å²) in [4.78, 5) is 8.51. The van der Waals surface area contributed by atoms with Crippen molar-refractivity contribution in [1.82, 2.24) is 25.1 Å². The van der Waals surface area contributed by atoms with Crippen molar-refractivity contribution in [2.45, 2.75) is 12.5 Å². The molecule has 0 spiro atoms. The first-order chi connectivity index (χ1) is 15.8. The Morgan fingerprint density at radius 2 is 1.81 bits per heavy atom. The van der Waals surface area contributed by atoms with E-state index in [1.807, 2.05) is 86.6 Å². The zero-order valence-electron chi connectivity index (χ0n) is 18.2. The molecular formula is C25H28N6O. The molecule has 5 rings (SSSR count). The van der Waals surface area contributed by atoms with Gasteiger partial charge in [-0.25, -0.2) is 4.98 Å². The summed E-state index contributed by atoms with van der Waals surface area (Å²) >= 11 is 0. The van der Waals surface area contributed by atoms with Crippen LogP contribution < -0.4 is 15.4 Å². The van der Waals surface area contributed by atoms with Gasteiger partial charge in [0, 0.05) is 49.5 Å². The molecule has 0 fully saturated rings. The molecule has 0 radical (unpaired) electrons. The maximum absolute atomic E-state index is 6.01. The van der Waals surface area contributed by atoms with Crippen molar-refractivity contribution < 1.29 is 4.74 Å². The summed E-state index contributed by atoms with van der Waals surface area (Å²) in [6.45, 7) is 2.45. The molecule has 0 amide bonds. The maximum Gasteiger partial charge on any atom is 0.237 e. The van der Waals surface area contributed by atoms with Crippen molar-refractivity contribution in [3.05, 3.63) is 91.1 Å². The van der Waals surface area contributed by atoms with Gasteiger partial charge in [0.15, 0.2) is 0 Å². The van der Waals surface area contributed by atoms with Crippen molar-refractivity contribution in [1.29, 1.82) is 0 Å². The molecule has 0 saturated carbocycles. The fourth-order valence-corrected chi connectivity index (χ4v) is 3.37. The summed E-state index contributed by atoms with van der Waals surface area (Å²) in [5.74, 6) is 0.657. The third-order valence-electron chi connectivity index (χ3n) is 5.07. The first kappa shape index (κ1) is 21.5. The highest BCUT2D eigenvalue weighted by Gasteiger charge is 2.20. The van der Waals surface area contributed by atoms with Crippen molar-refractivity contribution in [3.8, 4) is 17.0 Å². The number of nitrogens with zero attached hydrogens (tertiary/aromatic N) is 4. The largest absolute Gasteiger partial charge is 0.470 e. The van der Waals surface area contributed by atoms with Crippen LogP contribution in [0.15, 0.2) is 85.6 Å². The van der Waals surface area contributed by atoms with E-state index in [1.165, 1.54) is 5.56 Å². The van der Waals surface area contributed by atoms with Gasteiger partial charge in [-0.05, 0) is 36.7 Å². The molecule has 0 aliphatic carbocycles. The van der Waals surface area contributed by atoms with E-state index in [-0.39, 0.29) is 6.10 Å². The topological polar surface area (TPSA) is 76.9 Å². The fourth-order valence-electron chi connectivity index (χ4n) is 3.37. The lowest BCUT2D eigenvalue weighted by atomic mass is 10.1. The molecule has 1 aliphatic rings. The van der Waals surface area contributed by atoms with E-state index in [0.29, 0.717) is 5.88 Å². The standard InChI is InChI=1S/C19H22N6O.C6H6/c1-25-13-16(10-24-25)15-8-18-19(23-9-15)26-17(12-22-18)11-21-7-4-14-2-5-20-6-3-14;1-2-4-6-5-3-1/h2-3,5-6,8-10,13,17,21-22H,4,7,11-12H2,1H3;1-6H. The Labute approximate surface area is 188 Å². The average molecular weight is 429 g/mol. The van der Waals surface area contributed by atoms with Gasteiger partial charge in [0.2, 0.25) is 5.88 Å². The van der Waals surface area contributed by atoms with Crippen molar-refractivity contribution >= 4 is 5.69 Å². The van der Waals surface area contributed by atoms with Crippen LogP contribution in [0.1, 0.15) is 5.56 Å². The molecule has 1 unspecified atom stereocenters. The van der Waals surface area contributed by atoms with Crippen molar-refractivity contribution in [2.75, 3.05) is 25.0 Å². The Kier molecular flexibility index (Phi) is 7.44. The van der Waals surface area contributed by atoms with Crippen LogP contribution in [0.4, 0.5) is 5.69 Å². The van der Waals surface area contributed by atoms with Gasteiger partial charge in [-0.2, -0.15) is 5.10 Å². The molecule has 2 N–H and O–H groups in total. The van der Waals surface area contributed by atoms with Gasteiger partial charge < -0.3 is 15.4 Å². The van der Waals surface area contributed by atoms with Crippen LogP contribution in [0.3, 0.4) is 0 Å². The van der Waals surface area contributed by atoms with Crippen LogP contribution in [0, 0.1) is 0 Å². The molecular weight excluding hydrogens is 400 g/mol. The second-order valence-electron chi connectivity index (χ2n) is 7.56. The van der Waals surface area contributed by atoms with Crippen LogP contribution in [0.2, 0.25) is 0 Å². The van der Waals surface area contributed by atoms with E-state index in [9.17, 15) is 0 Å². The van der Waals surface area contributed by atoms with E-state index in [4.69, 9.17) is 4.74 Å². The Bertz CT molecular complexity index is 1060. The third-order valence-corrected chi connectivity index (χ3v) is 5.07. The third kappa shape index (κ3) is 6.15. The van der Waals surface area contributed by atoms with E-state index >= 15 is 0 Å². The van der Waals surface area contributed by atoms with Crippen molar-refractivity contribution in [3.63, 3.8) is 0 Å². The zero-order chi connectivity index (χ0) is 22.0. The van der Waals surface area contributed by atoms with Gasteiger partial charge in [0.05, 0.1) is 18.4 Å². The monoisotopic (exact) mass is 428 g/mol. The van der Waals surface area contributed by atoms with Gasteiger partial charge in [-0.3, -0.25) is 9.67 Å².